The van der Waals surface area contributed by atoms with Crippen LogP contribution >= 0.6 is 15.9 Å². The maximum absolute atomic E-state index is 11.2. The van der Waals surface area contributed by atoms with E-state index in [-0.39, 0.29) is 12.6 Å². The fourth-order valence-electron chi connectivity index (χ4n) is 1.49. The van der Waals surface area contributed by atoms with Crippen molar-refractivity contribution in [3.63, 3.8) is 0 Å². The van der Waals surface area contributed by atoms with Gasteiger partial charge in [-0.1, -0.05) is 33.7 Å². The molecule has 0 saturated carbocycles. The van der Waals surface area contributed by atoms with E-state index >= 15 is 0 Å². The first kappa shape index (κ1) is 14.0. The Morgan fingerprint density at radius 2 is 2.24 bits per heavy atom. The van der Waals surface area contributed by atoms with E-state index in [2.05, 4.69) is 22.0 Å². The highest BCUT2D eigenvalue weighted by atomic mass is 79.9. The van der Waals surface area contributed by atoms with Gasteiger partial charge in [0.05, 0.1) is 6.61 Å². The van der Waals surface area contributed by atoms with E-state index < -0.39 is 0 Å². The van der Waals surface area contributed by atoms with Crippen molar-refractivity contribution in [2.45, 2.75) is 20.3 Å². The lowest BCUT2D eigenvalue weighted by molar-refractivity contribution is -0.147. The van der Waals surface area contributed by atoms with Crippen LogP contribution in [0.1, 0.15) is 20.3 Å². The molecule has 0 unspecified atom stereocenters. The van der Waals surface area contributed by atoms with Gasteiger partial charge >= 0.3 is 5.97 Å². The van der Waals surface area contributed by atoms with Gasteiger partial charge in [-0.15, -0.1) is 0 Å². The summed E-state index contributed by atoms with van der Waals surface area (Å²) in [5.41, 5.74) is 2.40. The molecule has 17 heavy (non-hydrogen) atoms. The highest BCUT2D eigenvalue weighted by Gasteiger charge is 2.08. The van der Waals surface area contributed by atoms with E-state index in [1.165, 1.54) is 11.1 Å². The van der Waals surface area contributed by atoms with Crippen LogP contribution in [0.15, 0.2) is 35.1 Å². The Morgan fingerprint density at radius 3 is 2.88 bits per heavy atom. The van der Waals surface area contributed by atoms with Gasteiger partial charge in [0.1, 0.15) is 5.76 Å². The molecule has 94 valence electrons. The zero-order valence-electron chi connectivity index (χ0n) is 10.2. The van der Waals surface area contributed by atoms with Gasteiger partial charge in [-0.25, -0.2) is 4.79 Å². The molecule has 4 heteroatoms. The van der Waals surface area contributed by atoms with Gasteiger partial charge < -0.3 is 9.47 Å². The first-order valence-corrected chi connectivity index (χ1v) is 6.69. The van der Waals surface area contributed by atoms with Crippen LogP contribution in [0.3, 0.4) is 0 Å². The van der Waals surface area contributed by atoms with Crippen molar-refractivity contribution in [2.75, 3.05) is 18.5 Å². The molecular weight excluding hydrogens is 284 g/mol. The minimum absolute atomic E-state index is 0.0234. The fourth-order valence-corrected chi connectivity index (χ4v) is 1.83. The van der Waals surface area contributed by atoms with E-state index in [0.717, 1.165) is 17.5 Å². The number of allylic oxidation sites excluding steroid dienone is 5. The maximum atomic E-state index is 11.2. The predicted molar refractivity (Wildman–Crippen MR) is 70.9 cm³/mol. The number of hydrogen-bond donors (Lipinski definition) is 0. The van der Waals surface area contributed by atoms with Gasteiger partial charge in [-0.2, -0.15) is 0 Å². The molecule has 0 fully saturated rings. The summed E-state index contributed by atoms with van der Waals surface area (Å²) in [6.07, 6.45) is 6.74. The van der Waals surface area contributed by atoms with Crippen LogP contribution in [0.25, 0.3) is 0 Å². The normalized spacial score (nSPS) is 15.4. The summed E-state index contributed by atoms with van der Waals surface area (Å²) in [7, 11) is 0. The van der Waals surface area contributed by atoms with Crippen LogP contribution in [0.2, 0.25) is 0 Å². The van der Waals surface area contributed by atoms with Crippen molar-refractivity contribution in [3.8, 4) is 0 Å². The SMILES string of the molecule is CCOC(=O)COC1=CC=C(CBr)C=C(C)C1. The minimum atomic E-state index is -0.330. The summed E-state index contributed by atoms with van der Waals surface area (Å²) >= 11 is 3.42. The second kappa shape index (κ2) is 7.33. The Balaban J connectivity index is 2.55. The first-order valence-electron chi connectivity index (χ1n) is 5.57. The second-order valence-corrected chi connectivity index (χ2v) is 4.33. The number of esters is 1. The molecule has 1 rings (SSSR count). The van der Waals surface area contributed by atoms with Gasteiger partial charge in [-0.3, -0.25) is 0 Å². The van der Waals surface area contributed by atoms with Crippen molar-refractivity contribution < 1.29 is 14.3 Å². The third-order valence-corrected chi connectivity index (χ3v) is 2.85. The van der Waals surface area contributed by atoms with Crippen molar-refractivity contribution >= 4 is 21.9 Å². The van der Waals surface area contributed by atoms with Crippen LogP contribution in [-0.4, -0.2) is 24.5 Å². The van der Waals surface area contributed by atoms with Crippen molar-refractivity contribution in [3.05, 3.63) is 35.1 Å². The zero-order chi connectivity index (χ0) is 12.7. The number of rotatable bonds is 5. The van der Waals surface area contributed by atoms with Gasteiger partial charge in [0.15, 0.2) is 6.61 Å². The molecule has 0 radical (unpaired) electrons. The molecule has 0 spiro atoms. The highest BCUT2D eigenvalue weighted by molar-refractivity contribution is 9.09. The molecular formula is C13H17BrO3. The maximum Gasteiger partial charge on any atom is 0.344 e. The molecule has 0 saturated heterocycles. The molecule has 0 bridgehead atoms. The van der Waals surface area contributed by atoms with Gasteiger partial charge in [0.25, 0.3) is 0 Å². The molecule has 0 N–H and O–H groups in total. The quantitative estimate of drug-likeness (QED) is 0.578. The van der Waals surface area contributed by atoms with Crippen molar-refractivity contribution in [1.82, 2.24) is 0 Å². The summed E-state index contributed by atoms with van der Waals surface area (Å²) in [4.78, 5) is 11.2. The number of ether oxygens (including phenoxy) is 2. The van der Waals surface area contributed by atoms with Gasteiger partial charge in [0.2, 0.25) is 0 Å². The number of alkyl halides is 1. The Morgan fingerprint density at radius 1 is 1.47 bits per heavy atom. The summed E-state index contributed by atoms with van der Waals surface area (Å²) in [5.74, 6) is 0.465. The highest BCUT2D eigenvalue weighted by Crippen LogP contribution is 2.19. The van der Waals surface area contributed by atoms with E-state index in [9.17, 15) is 4.79 Å². The van der Waals surface area contributed by atoms with Crippen LogP contribution < -0.4 is 0 Å². The zero-order valence-corrected chi connectivity index (χ0v) is 11.7. The van der Waals surface area contributed by atoms with E-state index in [4.69, 9.17) is 9.47 Å². The lowest BCUT2D eigenvalue weighted by Crippen LogP contribution is -2.12. The third-order valence-electron chi connectivity index (χ3n) is 2.20. The van der Waals surface area contributed by atoms with Crippen molar-refractivity contribution in [2.24, 2.45) is 0 Å². The lowest BCUT2D eigenvalue weighted by atomic mass is 10.1. The molecule has 0 aliphatic heterocycles. The molecule has 0 amide bonds. The van der Waals surface area contributed by atoms with E-state index in [1.54, 1.807) is 6.92 Å². The number of carbonyl (C=O) groups excluding carboxylic acids is 1. The molecule has 0 aromatic carbocycles. The summed E-state index contributed by atoms with van der Waals surface area (Å²) in [6.45, 7) is 4.18. The largest absolute Gasteiger partial charge is 0.486 e. The topological polar surface area (TPSA) is 35.5 Å². The standard InChI is InChI=1S/C13H17BrO3/c1-3-16-13(15)9-17-12-5-4-11(8-14)6-10(2)7-12/h4-6H,3,7-9H2,1-2H3. The Hall–Kier alpha value is -1.03. The molecule has 1 aliphatic carbocycles. The van der Waals surface area contributed by atoms with Crippen molar-refractivity contribution in [1.29, 1.82) is 0 Å². The summed E-state index contributed by atoms with van der Waals surface area (Å²) in [5, 5.41) is 0.812. The monoisotopic (exact) mass is 300 g/mol. The average molecular weight is 301 g/mol. The smallest absolute Gasteiger partial charge is 0.344 e. The third kappa shape index (κ3) is 5.22. The Labute approximate surface area is 110 Å². The van der Waals surface area contributed by atoms with E-state index in [1.807, 2.05) is 19.1 Å². The minimum Gasteiger partial charge on any atom is -0.486 e. The molecule has 0 heterocycles. The Kier molecular flexibility index (Phi) is 6.05. The number of carbonyl (C=O) groups is 1. The van der Waals surface area contributed by atoms with Crippen LogP contribution in [0.4, 0.5) is 0 Å². The number of hydrogen-bond acceptors (Lipinski definition) is 3. The van der Waals surface area contributed by atoms with Crippen LogP contribution in [0, 0.1) is 0 Å². The van der Waals surface area contributed by atoms with E-state index in [0.29, 0.717) is 6.61 Å². The van der Waals surface area contributed by atoms with Gasteiger partial charge in [0, 0.05) is 11.8 Å². The summed E-state index contributed by atoms with van der Waals surface area (Å²) < 4.78 is 10.2. The van der Waals surface area contributed by atoms with Gasteiger partial charge in [-0.05, 0) is 25.5 Å². The molecule has 0 aromatic rings. The lowest BCUT2D eigenvalue weighted by Gasteiger charge is -2.08. The van der Waals surface area contributed by atoms with Crippen LogP contribution in [0.5, 0.6) is 0 Å². The van der Waals surface area contributed by atoms with Crippen LogP contribution in [-0.2, 0) is 14.3 Å². The molecule has 1 aliphatic rings. The molecule has 3 nitrogen and oxygen atoms in total. The second-order valence-electron chi connectivity index (χ2n) is 3.77. The summed E-state index contributed by atoms with van der Waals surface area (Å²) in [6, 6.07) is 0. The average Bonchev–Trinajstić information content (AvgIpc) is 2.48. The first-order chi connectivity index (χ1) is 8.15. The molecule has 0 aromatic heterocycles. The predicted octanol–water partition coefficient (Wildman–Crippen LogP) is 3.12. The Bertz CT molecular complexity index is 367. The molecule has 0 atom stereocenters. The fraction of sp³-hybridized carbons (Fsp3) is 0.462. The number of halogens is 1.